The highest BCUT2D eigenvalue weighted by atomic mass is 31.2. The number of carbonyl (C=O) groups excluding carboxylic acids is 2. The molecule has 2 unspecified atom stereocenters. The monoisotopic (exact) mass is 1310 g/mol. The van der Waals surface area contributed by atoms with E-state index in [1.165, 1.54) is 392 Å². The van der Waals surface area contributed by atoms with Crippen LogP contribution in [0.1, 0.15) is 457 Å². The van der Waals surface area contributed by atoms with Gasteiger partial charge in [-0.3, -0.25) is 14.2 Å². The first kappa shape index (κ1) is 90.0. The van der Waals surface area contributed by atoms with E-state index < -0.39 is 26.5 Å². The first-order valence-electron chi connectivity index (χ1n) is 41.2. The van der Waals surface area contributed by atoms with E-state index in [0.29, 0.717) is 17.4 Å². The lowest BCUT2D eigenvalue weighted by Gasteiger charge is -2.28. The molecule has 0 saturated heterocycles. The maximum Gasteiger partial charge on any atom is 0.306 e. The van der Waals surface area contributed by atoms with E-state index in [1.807, 2.05) is 21.1 Å². The van der Waals surface area contributed by atoms with Gasteiger partial charge in [0.25, 0.3) is 7.82 Å². The molecule has 0 fully saturated rings. The van der Waals surface area contributed by atoms with E-state index >= 15 is 0 Å². The van der Waals surface area contributed by atoms with E-state index in [0.717, 1.165) is 32.1 Å². The van der Waals surface area contributed by atoms with Gasteiger partial charge in [-0.15, -0.1) is 0 Å². The van der Waals surface area contributed by atoms with Crippen LogP contribution < -0.4 is 4.89 Å². The molecular weight excluding hydrogens is 1150 g/mol. The van der Waals surface area contributed by atoms with Gasteiger partial charge in [0.2, 0.25) is 0 Å². The maximum absolute atomic E-state index is 12.9. The van der Waals surface area contributed by atoms with Crippen molar-refractivity contribution in [2.45, 2.75) is 463 Å². The van der Waals surface area contributed by atoms with Gasteiger partial charge >= 0.3 is 11.9 Å². The van der Waals surface area contributed by atoms with Crippen molar-refractivity contribution in [3.63, 3.8) is 0 Å². The number of rotatable bonds is 79. The molecule has 0 aliphatic heterocycles. The fraction of sp³-hybridized carbons (Fsp3) is 0.975. The van der Waals surface area contributed by atoms with Gasteiger partial charge in [-0.2, -0.15) is 0 Å². The summed E-state index contributed by atoms with van der Waals surface area (Å²) in [5.41, 5.74) is 0. The average molecular weight is 1310 g/mol. The number of phosphoric ester groups is 1. The Morgan fingerprint density at radius 1 is 0.297 bits per heavy atom. The highest BCUT2D eigenvalue weighted by Crippen LogP contribution is 2.38. The van der Waals surface area contributed by atoms with Gasteiger partial charge in [0.15, 0.2) is 6.10 Å². The van der Waals surface area contributed by atoms with Crippen molar-refractivity contribution in [2.75, 3.05) is 47.5 Å². The topological polar surface area (TPSA) is 111 Å². The molecule has 9 nitrogen and oxygen atoms in total. The average Bonchev–Trinajstić information content (AvgIpc) is 3.69. The zero-order valence-electron chi connectivity index (χ0n) is 62.4. The molecule has 0 spiro atoms. The van der Waals surface area contributed by atoms with Crippen molar-refractivity contribution in [2.24, 2.45) is 0 Å². The smallest absolute Gasteiger partial charge is 0.306 e. The van der Waals surface area contributed by atoms with Crippen LogP contribution in [-0.4, -0.2) is 70.0 Å². The van der Waals surface area contributed by atoms with Crippen LogP contribution in [0.15, 0.2) is 0 Å². The second-order valence-corrected chi connectivity index (χ2v) is 31.3. The summed E-state index contributed by atoms with van der Waals surface area (Å²) in [6.07, 6.45) is 91.1. The van der Waals surface area contributed by atoms with Gasteiger partial charge in [0, 0.05) is 12.8 Å². The molecule has 0 N–H and O–H groups in total. The molecule has 0 aromatic rings. The van der Waals surface area contributed by atoms with Crippen molar-refractivity contribution >= 4 is 19.8 Å². The van der Waals surface area contributed by atoms with Gasteiger partial charge < -0.3 is 27.9 Å². The molecule has 544 valence electrons. The highest BCUT2D eigenvalue weighted by Gasteiger charge is 2.22. The Morgan fingerprint density at radius 3 is 0.703 bits per heavy atom. The minimum absolute atomic E-state index is 0.0246. The molecule has 0 rings (SSSR count). The molecule has 0 aromatic carbocycles. The van der Waals surface area contributed by atoms with Gasteiger partial charge in [-0.05, 0) is 12.8 Å². The molecule has 0 saturated carbocycles. The lowest BCUT2D eigenvalue weighted by molar-refractivity contribution is -0.870. The number of nitrogens with zero attached hydrogens (tertiary/aromatic N) is 1. The third-order valence-corrected chi connectivity index (χ3v) is 20.3. The Morgan fingerprint density at radius 2 is 0.495 bits per heavy atom. The van der Waals surface area contributed by atoms with Crippen molar-refractivity contribution in [1.29, 1.82) is 0 Å². The number of esters is 2. The Hall–Kier alpha value is -0.990. The van der Waals surface area contributed by atoms with Crippen LogP contribution >= 0.6 is 7.82 Å². The zero-order valence-corrected chi connectivity index (χ0v) is 63.3. The number of hydrogen-bond donors (Lipinski definition) is 0. The van der Waals surface area contributed by atoms with Crippen LogP contribution in [0.3, 0.4) is 0 Å². The summed E-state index contributed by atoms with van der Waals surface area (Å²) in [7, 11) is 1.20. The Labute approximate surface area is 569 Å². The highest BCUT2D eigenvalue weighted by molar-refractivity contribution is 7.45. The summed E-state index contributed by atoms with van der Waals surface area (Å²) in [6.45, 7) is 4.35. The lowest BCUT2D eigenvalue weighted by Crippen LogP contribution is -2.37. The maximum atomic E-state index is 12.9. The van der Waals surface area contributed by atoms with Crippen LogP contribution in [0, 0.1) is 0 Å². The van der Waals surface area contributed by atoms with Gasteiger partial charge in [0.05, 0.1) is 27.7 Å². The molecule has 0 bridgehead atoms. The fourth-order valence-corrected chi connectivity index (χ4v) is 13.8. The van der Waals surface area contributed by atoms with E-state index in [4.69, 9.17) is 18.5 Å². The number of hydrogen-bond acceptors (Lipinski definition) is 8. The summed E-state index contributed by atoms with van der Waals surface area (Å²) < 4.78 is 34.4. The van der Waals surface area contributed by atoms with E-state index in [2.05, 4.69) is 13.8 Å². The largest absolute Gasteiger partial charge is 0.756 e. The van der Waals surface area contributed by atoms with Crippen molar-refractivity contribution in [1.82, 2.24) is 0 Å². The molecule has 0 aliphatic rings. The summed E-state index contributed by atoms with van der Waals surface area (Å²) in [5.74, 6) is -0.800. The van der Waals surface area contributed by atoms with Crippen LogP contribution in [0.4, 0.5) is 0 Å². The minimum Gasteiger partial charge on any atom is -0.756 e. The summed E-state index contributed by atoms with van der Waals surface area (Å²) in [5, 5.41) is 0. The molecular formula is C81H162NO8P. The third-order valence-electron chi connectivity index (χ3n) is 19.4. The van der Waals surface area contributed by atoms with E-state index in [1.54, 1.807) is 0 Å². The third kappa shape index (κ3) is 77.9. The Bertz CT molecular complexity index is 1490. The predicted molar refractivity (Wildman–Crippen MR) is 393 cm³/mol. The zero-order chi connectivity index (χ0) is 66.2. The van der Waals surface area contributed by atoms with Crippen molar-refractivity contribution in [3.05, 3.63) is 0 Å². The van der Waals surface area contributed by atoms with Crippen LogP contribution in [-0.2, 0) is 32.7 Å². The van der Waals surface area contributed by atoms with Crippen LogP contribution in [0.5, 0.6) is 0 Å². The first-order valence-corrected chi connectivity index (χ1v) is 42.7. The minimum atomic E-state index is -4.64. The lowest BCUT2D eigenvalue weighted by atomic mass is 10.0. The quantitative estimate of drug-likeness (QED) is 0.0256. The van der Waals surface area contributed by atoms with Crippen LogP contribution in [0.2, 0.25) is 0 Å². The standard InChI is InChI=1S/C81H162NO8P/c1-6-8-10-12-14-16-18-20-22-24-26-28-30-32-34-36-38-39-40-41-42-43-44-46-48-50-52-54-56-58-60-62-64-66-68-70-72-74-81(84)90-79(78-89-91(85,86)88-76-75-82(3,4)5)77-87-80(83)73-71-69-67-65-63-61-59-57-55-53-51-49-47-45-37-35-33-31-29-27-25-23-21-19-17-15-13-11-9-7-2/h79H,6-78H2,1-5H3. The predicted octanol–water partition coefficient (Wildman–Crippen LogP) is 26.6. The van der Waals surface area contributed by atoms with E-state index in [-0.39, 0.29) is 32.0 Å². The molecule has 0 amide bonds. The van der Waals surface area contributed by atoms with Gasteiger partial charge in [0.1, 0.15) is 19.8 Å². The van der Waals surface area contributed by atoms with E-state index in [9.17, 15) is 19.0 Å². The second-order valence-electron chi connectivity index (χ2n) is 29.9. The SMILES string of the molecule is CCCCCCCCCCCCCCCCCCCCCCCCCCCCCCCCCCCCCCCC(=O)OC(COC(=O)CCCCCCCCCCCCCCCCCCCCCCCCCCCCCCCC)COP(=O)([O-])OCC[N+](C)(C)C. The first-order chi connectivity index (χ1) is 44.5. The normalized spacial score (nSPS) is 12.9. The number of ether oxygens (including phenoxy) is 2. The molecule has 91 heavy (non-hydrogen) atoms. The molecule has 10 heteroatoms. The van der Waals surface area contributed by atoms with Gasteiger partial charge in [-0.25, -0.2) is 0 Å². The number of likely N-dealkylation sites (N-methyl/N-ethyl adjacent to an activating group) is 1. The Balaban J connectivity index is 3.86. The van der Waals surface area contributed by atoms with Gasteiger partial charge in [-0.1, -0.05) is 431 Å². The molecule has 0 radical (unpaired) electrons. The molecule has 0 aliphatic carbocycles. The van der Waals surface area contributed by atoms with Crippen molar-refractivity contribution in [3.8, 4) is 0 Å². The number of carbonyl (C=O) groups is 2. The molecule has 0 heterocycles. The van der Waals surface area contributed by atoms with Crippen LogP contribution in [0.25, 0.3) is 0 Å². The summed E-state index contributed by atoms with van der Waals surface area (Å²) >= 11 is 0. The summed E-state index contributed by atoms with van der Waals surface area (Å²) in [6, 6.07) is 0. The number of unbranched alkanes of at least 4 members (excludes halogenated alkanes) is 65. The second kappa shape index (κ2) is 73.3. The fourth-order valence-electron chi connectivity index (χ4n) is 13.1. The molecule has 0 aromatic heterocycles. The molecule has 2 atom stereocenters. The van der Waals surface area contributed by atoms with Crippen molar-refractivity contribution < 1.29 is 42.1 Å². The Kier molecular flexibility index (Phi) is 72.5. The summed E-state index contributed by atoms with van der Waals surface area (Å²) in [4.78, 5) is 38.2. The number of quaternary nitrogens is 1. The number of phosphoric acid groups is 1.